The van der Waals surface area contributed by atoms with E-state index in [1.807, 2.05) is 44.2 Å². The largest absolute Gasteiger partial charge is 0.437 e. The van der Waals surface area contributed by atoms with Crippen molar-refractivity contribution in [2.75, 3.05) is 5.75 Å². The maximum absolute atomic E-state index is 6.10. The second-order valence-electron chi connectivity index (χ2n) is 3.95. The molecule has 17 heavy (non-hydrogen) atoms. The summed E-state index contributed by atoms with van der Waals surface area (Å²) >= 11 is 1.56. The second kappa shape index (κ2) is 5.38. The maximum atomic E-state index is 6.10. The summed E-state index contributed by atoms with van der Waals surface area (Å²) in [6.07, 6.45) is 0. The van der Waals surface area contributed by atoms with Gasteiger partial charge in [0.25, 0.3) is 5.22 Å². The first-order valence-electron chi connectivity index (χ1n) is 5.54. The number of rotatable bonds is 4. The van der Waals surface area contributed by atoms with Crippen molar-refractivity contribution in [1.29, 1.82) is 0 Å². The Bertz CT molecular complexity index is 462. The minimum absolute atomic E-state index is 0.00807. The van der Waals surface area contributed by atoms with Crippen molar-refractivity contribution in [3.8, 4) is 0 Å². The highest BCUT2D eigenvalue weighted by Crippen LogP contribution is 2.24. The van der Waals surface area contributed by atoms with Gasteiger partial charge in [-0.2, -0.15) is 0 Å². The van der Waals surface area contributed by atoms with Crippen LogP contribution >= 0.6 is 11.8 Å². The Morgan fingerprint density at radius 1 is 1.29 bits per heavy atom. The average Bonchev–Trinajstić information content (AvgIpc) is 2.67. The summed E-state index contributed by atoms with van der Waals surface area (Å²) in [5, 5.41) is 0.700. The van der Waals surface area contributed by atoms with Crippen molar-refractivity contribution >= 4 is 11.8 Å². The van der Waals surface area contributed by atoms with Gasteiger partial charge in [0.05, 0.1) is 5.69 Å². The number of aromatic nitrogens is 1. The molecule has 1 unspecified atom stereocenters. The number of thioether (sulfide) groups is 1. The Hall–Kier alpha value is -1.26. The highest BCUT2D eigenvalue weighted by atomic mass is 32.2. The summed E-state index contributed by atoms with van der Waals surface area (Å²) in [5.74, 6) is 1.64. The Morgan fingerprint density at radius 3 is 2.59 bits per heavy atom. The third-order valence-corrected chi connectivity index (χ3v) is 3.57. The number of oxazole rings is 1. The van der Waals surface area contributed by atoms with E-state index in [4.69, 9.17) is 10.2 Å². The maximum Gasteiger partial charge on any atom is 0.256 e. The normalized spacial score (nSPS) is 12.6. The summed E-state index contributed by atoms with van der Waals surface area (Å²) in [7, 11) is 0. The number of nitrogens with two attached hydrogens (primary N) is 1. The van der Waals surface area contributed by atoms with Crippen LogP contribution in [0.1, 0.15) is 23.1 Å². The van der Waals surface area contributed by atoms with Gasteiger partial charge in [0.2, 0.25) is 0 Å². The zero-order chi connectivity index (χ0) is 12.3. The van der Waals surface area contributed by atoms with E-state index >= 15 is 0 Å². The van der Waals surface area contributed by atoms with Crippen LogP contribution in [0.4, 0.5) is 0 Å². The fourth-order valence-electron chi connectivity index (χ4n) is 1.46. The quantitative estimate of drug-likeness (QED) is 0.845. The van der Waals surface area contributed by atoms with E-state index < -0.39 is 0 Å². The average molecular weight is 248 g/mol. The number of aryl methyl sites for hydroxylation is 2. The van der Waals surface area contributed by atoms with E-state index in [2.05, 4.69) is 4.98 Å². The van der Waals surface area contributed by atoms with Gasteiger partial charge in [-0.15, -0.1) is 0 Å². The lowest BCUT2D eigenvalue weighted by Crippen LogP contribution is -2.12. The minimum atomic E-state index is 0.00807. The molecule has 3 nitrogen and oxygen atoms in total. The van der Waals surface area contributed by atoms with Gasteiger partial charge < -0.3 is 10.2 Å². The van der Waals surface area contributed by atoms with Gasteiger partial charge in [-0.1, -0.05) is 42.1 Å². The highest BCUT2D eigenvalue weighted by molar-refractivity contribution is 7.99. The molecule has 90 valence electrons. The van der Waals surface area contributed by atoms with Crippen molar-refractivity contribution in [3.05, 3.63) is 47.3 Å². The first kappa shape index (κ1) is 12.2. The summed E-state index contributed by atoms with van der Waals surface area (Å²) in [4.78, 5) is 4.32. The van der Waals surface area contributed by atoms with Gasteiger partial charge in [-0.3, -0.25) is 0 Å². The van der Waals surface area contributed by atoms with Crippen molar-refractivity contribution in [3.63, 3.8) is 0 Å². The van der Waals surface area contributed by atoms with Crippen molar-refractivity contribution in [2.24, 2.45) is 5.73 Å². The smallest absolute Gasteiger partial charge is 0.256 e. The molecule has 1 aromatic heterocycles. The molecule has 0 amide bonds. The Balaban J connectivity index is 1.94. The van der Waals surface area contributed by atoms with Crippen molar-refractivity contribution in [1.82, 2.24) is 4.98 Å². The molecule has 0 aliphatic rings. The summed E-state index contributed by atoms with van der Waals surface area (Å²) in [5.41, 5.74) is 8.18. The fraction of sp³-hybridized carbons (Fsp3) is 0.308. The van der Waals surface area contributed by atoms with Gasteiger partial charge >= 0.3 is 0 Å². The van der Waals surface area contributed by atoms with Crippen molar-refractivity contribution in [2.45, 2.75) is 25.1 Å². The van der Waals surface area contributed by atoms with Gasteiger partial charge in [-0.05, 0) is 19.4 Å². The van der Waals surface area contributed by atoms with Gasteiger partial charge in [0, 0.05) is 11.8 Å². The van der Waals surface area contributed by atoms with Crippen LogP contribution in [-0.2, 0) is 0 Å². The van der Waals surface area contributed by atoms with E-state index in [1.54, 1.807) is 11.8 Å². The molecule has 2 aromatic rings. The monoisotopic (exact) mass is 248 g/mol. The zero-order valence-corrected chi connectivity index (χ0v) is 10.8. The predicted molar refractivity (Wildman–Crippen MR) is 70.1 cm³/mol. The van der Waals surface area contributed by atoms with Gasteiger partial charge in [-0.25, -0.2) is 4.98 Å². The van der Waals surface area contributed by atoms with E-state index in [-0.39, 0.29) is 6.04 Å². The molecule has 1 heterocycles. The molecule has 2 rings (SSSR count). The van der Waals surface area contributed by atoms with Crippen LogP contribution in [0.25, 0.3) is 0 Å². The Labute approximate surface area is 105 Å². The first-order chi connectivity index (χ1) is 8.16. The third kappa shape index (κ3) is 3.11. The molecule has 1 atom stereocenters. The van der Waals surface area contributed by atoms with Crippen LogP contribution in [0.5, 0.6) is 0 Å². The molecular formula is C13H16N2OS. The third-order valence-electron chi connectivity index (χ3n) is 2.62. The number of hydrogen-bond donors (Lipinski definition) is 1. The SMILES string of the molecule is Cc1nc(SCC(N)c2ccccc2)oc1C. The molecule has 1 aromatic carbocycles. The molecule has 4 heteroatoms. The molecule has 0 aliphatic carbocycles. The second-order valence-corrected chi connectivity index (χ2v) is 4.92. The standard InChI is InChI=1S/C13H16N2OS/c1-9-10(2)16-13(15-9)17-8-12(14)11-6-4-3-5-7-11/h3-7,12H,8,14H2,1-2H3. The molecule has 0 saturated heterocycles. The number of hydrogen-bond acceptors (Lipinski definition) is 4. The van der Waals surface area contributed by atoms with E-state index in [0.29, 0.717) is 5.22 Å². The first-order valence-corrected chi connectivity index (χ1v) is 6.52. The summed E-state index contributed by atoms with van der Waals surface area (Å²) in [6, 6.07) is 10.1. The Morgan fingerprint density at radius 2 is 2.00 bits per heavy atom. The highest BCUT2D eigenvalue weighted by Gasteiger charge is 2.10. The zero-order valence-electron chi connectivity index (χ0n) is 10.0. The minimum Gasteiger partial charge on any atom is -0.437 e. The Kier molecular flexibility index (Phi) is 3.86. The fourth-order valence-corrected chi connectivity index (χ4v) is 2.36. The lowest BCUT2D eigenvalue weighted by atomic mass is 10.1. The van der Waals surface area contributed by atoms with Crippen LogP contribution in [0.3, 0.4) is 0 Å². The van der Waals surface area contributed by atoms with Crippen LogP contribution in [0.15, 0.2) is 40.0 Å². The molecule has 0 spiro atoms. The van der Waals surface area contributed by atoms with E-state index in [1.165, 1.54) is 0 Å². The molecule has 0 radical (unpaired) electrons. The molecule has 0 saturated carbocycles. The molecule has 0 aliphatic heterocycles. The van der Waals surface area contributed by atoms with Gasteiger partial charge in [0.15, 0.2) is 0 Å². The van der Waals surface area contributed by atoms with Crippen LogP contribution < -0.4 is 5.73 Å². The number of benzene rings is 1. The molecule has 0 fully saturated rings. The molecular weight excluding hydrogens is 232 g/mol. The lowest BCUT2D eigenvalue weighted by Gasteiger charge is -2.09. The molecule has 2 N–H and O–H groups in total. The summed E-state index contributed by atoms with van der Waals surface area (Å²) in [6.45, 7) is 3.86. The van der Waals surface area contributed by atoms with Crippen LogP contribution in [0, 0.1) is 13.8 Å². The van der Waals surface area contributed by atoms with Crippen LogP contribution in [-0.4, -0.2) is 10.7 Å². The predicted octanol–water partition coefficient (Wildman–Crippen LogP) is 3.08. The van der Waals surface area contributed by atoms with E-state index in [0.717, 1.165) is 22.8 Å². The lowest BCUT2D eigenvalue weighted by molar-refractivity contribution is 0.431. The topological polar surface area (TPSA) is 52.0 Å². The number of nitrogens with zero attached hydrogens (tertiary/aromatic N) is 1. The van der Waals surface area contributed by atoms with Crippen LogP contribution in [0.2, 0.25) is 0 Å². The van der Waals surface area contributed by atoms with Gasteiger partial charge in [0.1, 0.15) is 5.76 Å². The van der Waals surface area contributed by atoms with E-state index in [9.17, 15) is 0 Å². The molecule has 0 bridgehead atoms. The van der Waals surface area contributed by atoms with Crippen molar-refractivity contribution < 1.29 is 4.42 Å². The summed E-state index contributed by atoms with van der Waals surface area (Å²) < 4.78 is 5.50.